The zero-order valence-electron chi connectivity index (χ0n) is 15.8. The molecular weight excluding hydrogens is 316 g/mol. The van der Waals surface area contributed by atoms with E-state index in [2.05, 4.69) is 38.3 Å². The summed E-state index contributed by atoms with van der Waals surface area (Å²) >= 11 is 0. The minimum Gasteiger partial charge on any atom is -0.319 e. The van der Waals surface area contributed by atoms with Crippen LogP contribution in [0.2, 0.25) is 0 Å². The van der Waals surface area contributed by atoms with Gasteiger partial charge in [-0.15, -0.1) is 0 Å². The van der Waals surface area contributed by atoms with Crippen molar-refractivity contribution in [1.29, 1.82) is 0 Å². The monoisotopic (exact) mass is 344 g/mol. The summed E-state index contributed by atoms with van der Waals surface area (Å²) in [7, 11) is 0. The van der Waals surface area contributed by atoms with Crippen molar-refractivity contribution in [3.8, 4) is 0 Å². The lowest BCUT2D eigenvalue weighted by Crippen LogP contribution is -2.59. The average Bonchev–Trinajstić information content (AvgIpc) is 2.48. The molecule has 1 aromatic carbocycles. The highest BCUT2D eigenvalue weighted by molar-refractivity contribution is 5.94. The number of benzene rings is 1. The third-order valence-electron chi connectivity index (χ3n) is 5.58. The lowest BCUT2D eigenvalue weighted by atomic mass is 9.89. The Labute approximate surface area is 149 Å². The number of carbonyl (C=O) groups excluding carboxylic acids is 2. The van der Waals surface area contributed by atoms with Gasteiger partial charge in [0.15, 0.2) is 0 Å². The van der Waals surface area contributed by atoms with Gasteiger partial charge in [-0.05, 0) is 65.2 Å². The van der Waals surface area contributed by atoms with Gasteiger partial charge in [0.1, 0.15) is 0 Å². The van der Waals surface area contributed by atoms with Crippen molar-refractivity contribution in [1.82, 2.24) is 9.80 Å². The second kappa shape index (κ2) is 5.93. The molecule has 2 fully saturated rings. The molecule has 0 saturated carbocycles. The van der Waals surface area contributed by atoms with Crippen LogP contribution in [0.4, 0.5) is 21.0 Å². The van der Waals surface area contributed by atoms with Crippen LogP contribution in [0.15, 0.2) is 18.2 Å². The molecule has 4 amide bonds. The van der Waals surface area contributed by atoms with Crippen LogP contribution in [0.5, 0.6) is 0 Å². The van der Waals surface area contributed by atoms with Crippen molar-refractivity contribution in [2.45, 2.75) is 58.5 Å². The number of rotatable bonds is 2. The van der Waals surface area contributed by atoms with Gasteiger partial charge in [0, 0.05) is 35.5 Å². The number of anilines is 2. The van der Waals surface area contributed by atoms with E-state index in [0.29, 0.717) is 5.69 Å². The second-order valence-electron chi connectivity index (χ2n) is 8.32. The van der Waals surface area contributed by atoms with Crippen molar-refractivity contribution in [2.75, 3.05) is 23.7 Å². The van der Waals surface area contributed by atoms with Gasteiger partial charge < -0.3 is 20.4 Å². The fourth-order valence-electron chi connectivity index (χ4n) is 3.30. The van der Waals surface area contributed by atoms with Crippen molar-refractivity contribution in [3.63, 3.8) is 0 Å². The van der Waals surface area contributed by atoms with Crippen LogP contribution in [0.3, 0.4) is 0 Å². The van der Waals surface area contributed by atoms with Crippen molar-refractivity contribution >= 4 is 23.4 Å². The molecule has 0 bridgehead atoms. The summed E-state index contributed by atoms with van der Waals surface area (Å²) in [6.07, 6.45) is 2.03. The van der Waals surface area contributed by atoms with Crippen molar-refractivity contribution < 1.29 is 9.59 Å². The SMILES string of the molecule is Cc1ccc(NC(=O)N2CCC2(C)C)cc1NC(=O)N1CCC1(C)C. The first kappa shape index (κ1) is 17.6. The molecule has 0 unspecified atom stereocenters. The van der Waals surface area contributed by atoms with Crippen LogP contribution in [-0.2, 0) is 0 Å². The quantitative estimate of drug-likeness (QED) is 0.851. The maximum atomic E-state index is 12.5. The smallest absolute Gasteiger partial charge is 0.319 e. The van der Waals surface area contributed by atoms with E-state index < -0.39 is 0 Å². The third-order valence-corrected chi connectivity index (χ3v) is 5.58. The second-order valence-corrected chi connectivity index (χ2v) is 8.32. The summed E-state index contributed by atoms with van der Waals surface area (Å²) in [5, 5.41) is 5.91. The van der Waals surface area contributed by atoms with Gasteiger partial charge in [0.05, 0.1) is 0 Å². The minimum absolute atomic E-state index is 0.0884. The summed E-state index contributed by atoms with van der Waals surface area (Å²) in [6, 6.07) is 5.41. The first-order valence-corrected chi connectivity index (χ1v) is 8.88. The molecule has 2 aliphatic heterocycles. The van der Waals surface area contributed by atoms with E-state index in [-0.39, 0.29) is 23.1 Å². The highest BCUT2D eigenvalue weighted by Crippen LogP contribution is 2.32. The highest BCUT2D eigenvalue weighted by Gasteiger charge is 2.40. The van der Waals surface area contributed by atoms with Gasteiger partial charge in [-0.2, -0.15) is 0 Å². The Morgan fingerprint density at radius 1 is 0.920 bits per heavy atom. The number of aryl methyl sites for hydroxylation is 1. The molecule has 2 saturated heterocycles. The molecule has 2 heterocycles. The van der Waals surface area contributed by atoms with Gasteiger partial charge >= 0.3 is 12.1 Å². The number of hydrogen-bond acceptors (Lipinski definition) is 2. The summed E-state index contributed by atoms with van der Waals surface area (Å²) < 4.78 is 0. The van der Waals surface area contributed by atoms with E-state index in [1.807, 2.05) is 34.9 Å². The molecular formula is C19H28N4O2. The number of carbonyl (C=O) groups is 2. The molecule has 3 rings (SSSR count). The van der Waals surface area contributed by atoms with E-state index in [9.17, 15) is 9.59 Å². The number of nitrogens with zero attached hydrogens (tertiary/aromatic N) is 2. The normalized spacial score (nSPS) is 20.4. The van der Waals surface area contributed by atoms with Gasteiger partial charge in [0.25, 0.3) is 0 Å². The van der Waals surface area contributed by atoms with E-state index in [4.69, 9.17) is 0 Å². The number of likely N-dealkylation sites (tertiary alicyclic amines) is 2. The Balaban J connectivity index is 1.68. The van der Waals surface area contributed by atoms with Crippen LogP contribution in [0.1, 0.15) is 46.1 Å². The van der Waals surface area contributed by atoms with Crippen molar-refractivity contribution in [3.05, 3.63) is 23.8 Å². The molecule has 6 heteroatoms. The highest BCUT2D eigenvalue weighted by atomic mass is 16.2. The lowest BCUT2D eigenvalue weighted by molar-refractivity contribution is 0.0606. The molecule has 2 N–H and O–H groups in total. The van der Waals surface area contributed by atoms with Crippen LogP contribution < -0.4 is 10.6 Å². The Hall–Kier alpha value is -2.24. The fourth-order valence-corrected chi connectivity index (χ4v) is 3.30. The molecule has 25 heavy (non-hydrogen) atoms. The molecule has 0 aromatic heterocycles. The predicted octanol–water partition coefficient (Wildman–Crippen LogP) is 4.03. The fraction of sp³-hybridized carbons (Fsp3) is 0.579. The summed E-state index contributed by atoms with van der Waals surface area (Å²) in [6.45, 7) is 11.7. The Kier molecular flexibility index (Phi) is 4.17. The standard InChI is InChI=1S/C19H28N4O2/c1-13-6-7-14(20-16(24)22-10-8-18(22,2)3)12-15(13)21-17(25)23-11-9-19(23,4)5/h6-7,12H,8-11H2,1-5H3,(H,20,24)(H,21,25). The zero-order chi connectivity index (χ0) is 18.4. The number of amides is 4. The van der Waals surface area contributed by atoms with Crippen LogP contribution in [-0.4, -0.2) is 46.0 Å². The predicted molar refractivity (Wildman–Crippen MR) is 100 cm³/mol. The topological polar surface area (TPSA) is 64.7 Å². The van der Waals surface area contributed by atoms with Gasteiger partial charge in [0.2, 0.25) is 0 Å². The van der Waals surface area contributed by atoms with Crippen LogP contribution >= 0.6 is 0 Å². The maximum absolute atomic E-state index is 12.5. The van der Waals surface area contributed by atoms with E-state index >= 15 is 0 Å². The Bertz CT molecular complexity index is 711. The Morgan fingerprint density at radius 2 is 1.44 bits per heavy atom. The molecule has 1 aromatic rings. The lowest BCUT2D eigenvalue weighted by Gasteiger charge is -2.48. The first-order valence-electron chi connectivity index (χ1n) is 8.88. The average molecular weight is 344 g/mol. The van der Waals surface area contributed by atoms with Gasteiger partial charge in [-0.1, -0.05) is 6.07 Å². The maximum Gasteiger partial charge on any atom is 0.322 e. The van der Waals surface area contributed by atoms with Gasteiger partial charge in [-0.3, -0.25) is 0 Å². The minimum atomic E-state index is -0.0961. The molecule has 6 nitrogen and oxygen atoms in total. The molecule has 2 aliphatic rings. The number of hydrogen-bond donors (Lipinski definition) is 2. The van der Waals surface area contributed by atoms with Crippen molar-refractivity contribution in [2.24, 2.45) is 0 Å². The number of urea groups is 2. The number of nitrogens with one attached hydrogen (secondary N) is 2. The summed E-state index contributed by atoms with van der Waals surface area (Å²) in [5.41, 5.74) is 2.21. The van der Waals surface area contributed by atoms with E-state index in [1.165, 1.54) is 0 Å². The largest absolute Gasteiger partial charge is 0.322 e. The molecule has 0 atom stereocenters. The van der Waals surface area contributed by atoms with E-state index in [0.717, 1.165) is 37.2 Å². The Morgan fingerprint density at radius 3 is 1.88 bits per heavy atom. The van der Waals surface area contributed by atoms with Crippen LogP contribution in [0.25, 0.3) is 0 Å². The van der Waals surface area contributed by atoms with Crippen LogP contribution in [0, 0.1) is 6.92 Å². The first-order chi connectivity index (χ1) is 11.6. The van der Waals surface area contributed by atoms with E-state index in [1.54, 1.807) is 0 Å². The molecule has 0 spiro atoms. The summed E-state index contributed by atoms with van der Waals surface area (Å²) in [5.74, 6) is 0. The molecule has 0 aliphatic carbocycles. The summed E-state index contributed by atoms with van der Waals surface area (Å²) in [4.78, 5) is 28.5. The molecule has 0 radical (unpaired) electrons. The molecule has 136 valence electrons. The zero-order valence-corrected chi connectivity index (χ0v) is 15.8. The third kappa shape index (κ3) is 3.30. The van der Waals surface area contributed by atoms with Gasteiger partial charge in [-0.25, -0.2) is 9.59 Å².